The summed E-state index contributed by atoms with van der Waals surface area (Å²) in [5.41, 5.74) is 11.2. The van der Waals surface area contributed by atoms with Crippen LogP contribution in [-0.4, -0.2) is 39.0 Å². The van der Waals surface area contributed by atoms with E-state index in [-0.39, 0.29) is 6.03 Å². The molecule has 2 aromatic carbocycles. The molecule has 0 saturated carbocycles. The van der Waals surface area contributed by atoms with Gasteiger partial charge in [-0.05, 0) is 47.9 Å². The second-order valence-electron chi connectivity index (χ2n) is 8.80. The summed E-state index contributed by atoms with van der Waals surface area (Å²) in [5.74, 6) is 2.43. The minimum Gasteiger partial charge on any atom is -0.326 e. The molecule has 2 N–H and O–H groups in total. The number of para-hydroxylation sites is 1. The molecule has 0 radical (unpaired) electrons. The van der Waals surface area contributed by atoms with Crippen molar-refractivity contribution in [3.8, 4) is 0 Å². The number of hydrogen-bond acceptors (Lipinski definition) is 4. The van der Waals surface area contributed by atoms with Crippen LogP contribution < -0.4 is 10.6 Å². The van der Waals surface area contributed by atoms with Crippen molar-refractivity contribution in [1.29, 1.82) is 0 Å². The Morgan fingerprint density at radius 2 is 1.97 bits per heavy atom. The van der Waals surface area contributed by atoms with Gasteiger partial charge in [-0.1, -0.05) is 38.1 Å². The Morgan fingerprint density at radius 3 is 2.72 bits per heavy atom. The molecule has 0 aliphatic carbocycles. The molecule has 1 aliphatic rings. The first-order chi connectivity index (χ1) is 15.5. The van der Waals surface area contributed by atoms with E-state index in [0.29, 0.717) is 25.6 Å². The lowest BCUT2D eigenvalue weighted by Gasteiger charge is -2.37. The predicted octanol–water partition coefficient (Wildman–Crippen LogP) is 4.85. The Hall–Kier alpha value is -2.51. The number of thioether (sulfide) groups is 1. The van der Waals surface area contributed by atoms with E-state index in [4.69, 9.17) is 10.7 Å². The molecule has 0 spiro atoms. The number of amides is 2. The van der Waals surface area contributed by atoms with E-state index >= 15 is 0 Å². The first-order valence-electron chi connectivity index (χ1n) is 11.3. The van der Waals surface area contributed by atoms with Gasteiger partial charge >= 0.3 is 6.03 Å². The number of rotatable bonds is 9. The Labute approximate surface area is 194 Å². The van der Waals surface area contributed by atoms with Crippen LogP contribution in [0.5, 0.6) is 0 Å². The first kappa shape index (κ1) is 22.7. The Balaban J connectivity index is 1.73. The lowest BCUT2D eigenvalue weighted by Crippen LogP contribution is -2.47. The molecule has 0 unspecified atom stereocenters. The van der Waals surface area contributed by atoms with E-state index in [1.54, 1.807) is 11.8 Å². The fourth-order valence-electron chi connectivity index (χ4n) is 4.23. The molecule has 0 fully saturated rings. The summed E-state index contributed by atoms with van der Waals surface area (Å²) in [6.45, 7) is 7.71. The van der Waals surface area contributed by atoms with Gasteiger partial charge in [0.2, 0.25) is 0 Å². The highest BCUT2D eigenvalue weighted by molar-refractivity contribution is 7.98. The zero-order valence-corrected chi connectivity index (χ0v) is 20.1. The lowest BCUT2D eigenvalue weighted by molar-refractivity contribution is 0.201. The summed E-state index contributed by atoms with van der Waals surface area (Å²) >= 11 is 1.76. The van der Waals surface area contributed by atoms with E-state index < -0.39 is 0 Å². The quantitative estimate of drug-likeness (QED) is 0.505. The third kappa shape index (κ3) is 4.64. The molecule has 4 rings (SSSR count). The summed E-state index contributed by atoms with van der Waals surface area (Å²) in [5, 5.41) is 0. The van der Waals surface area contributed by atoms with Gasteiger partial charge in [-0.15, -0.1) is 0 Å². The normalized spacial score (nSPS) is 14.0. The Kier molecular flexibility index (Phi) is 7.06. The van der Waals surface area contributed by atoms with Crippen molar-refractivity contribution < 1.29 is 4.79 Å². The van der Waals surface area contributed by atoms with Gasteiger partial charge < -0.3 is 15.2 Å². The lowest BCUT2D eigenvalue weighted by atomic mass is 10.1. The Bertz CT molecular complexity index is 1090. The van der Waals surface area contributed by atoms with Gasteiger partial charge in [-0.25, -0.2) is 9.78 Å². The number of fused-ring (bicyclic) bond motifs is 2. The highest BCUT2D eigenvalue weighted by atomic mass is 32.2. The van der Waals surface area contributed by atoms with Crippen LogP contribution in [0.1, 0.15) is 37.2 Å². The highest BCUT2D eigenvalue weighted by Crippen LogP contribution is 2.31. The number of carbonyl (C=O) groups excluding carboxylic acids is 1. The number of aryl methyl sites for hydroxylation is 1. The van der Waals surface area contributed by atoms with Crippen molar-refractivity contribution in [2.24, 2.45) is 11.7 Å². The van der Waals surface area contributed by atoms with Crippen LogP contribution in [0.2, 0.25) is 0 Å². The number of nitrogens with two attached hydrogens (primary N) is 1. The van der Waals surface area contributed by atoms with Gasteiger partial charge in [-0.2, -0.15) is 11.8 Å². The third-order valence-electron chi connectivity index (χ3n) is 6.07. The monoisotopic (exact) mass is 451 g/mol. The van der Waals surface area contributed by atoms with Crippen LogP contribution in [0.4, 0.5) is 10.5 Å². The van der Waals surface area contributed by atoms with E-state index in [1.807, 2.05) is 28.0 Å². The van der Waals surface area contributed by atoms with Crippen LogP contribution >= 0.6 is 11.8 Å². The maximum atomic E-state index is 13.5. The van der Waals surface area contributed by atoms with E-state index in [2.05, 4.69) is 48.9 Å². The third-order valence-corrected chi connectivity index (χ3v) is 6.66. The summed E-state index contributed by atoms with van der Waals surface area (Å²) in [6.07, 6.45) is 3.13. The number of anilines is 1. The number of imidazole rings is 1. The second-order valence-corrected chi connectivity index (χ2v) is 9.79. The van der Waals surface area contributed by atoms with Gasteiger partial charge in [0.1, 0.15) is 5.82 Å². The van der Waals surface area contributed by atoms with Gasteiger partial charge in [0.05, 0.1) is 23.3 Å². The molecule has 170 valence electrons. The molecule has 3 aromatic rings. The highest BCUT2D eigenvalue weighted by Gasteiger charge is 2.31. The Morgan fingerprint density at radius 1 is 1.16 bits per heavy atom. The van der Waals surface area contributed by atoms with Crippen molar-refractivity contribution >= 4 is 34.5 Å². The molecule has 0 atom stereocenters. The van der Waals surface area contributed by atoms with E-state index in [0.717, 1.165) is 53.4 Å². The maximum absolute atomic E-state index is 13.5. The van der Waals surface area contributed by atoms with Crippen LogP contribution in [-0.2, 0) is 26.2 Å². The molecule has 0 saturated heterocycles. The average Bonchev–Trinajstić information content (AvgIpc) is 3.14. The number of urea groups is 1. The summed E-state index contributed by atoms with van der Waals surface area (Å²) in [4.78, 5) is 22.3. The fraction of sp³-hybridized carbons (Fsp3) is 0.440. The van der Waals surface area contributed by atoms with Gasteiger partial charge in [0.15, 0.2) is 0 Å². The smallest absolute Gasteiger partial charge is 0.325 e. The van der Waals surface area contributed by atoms with Crippen molar-refractivity contribution in [1.82, 2.24) is 14.5 Å². The molecular weight excluding hydrogens is 418 g/mol. The molecule has 32 heavy (non-hydrogen) atoms. The first-order valence-corrected chi connectivity index (χ1v) is 12.7. The SMILES string of the molecule is CSCCN1Cc2ccccc2N(Cc2nc3cc(CN)ccc3n2CCC(C)C)C1=O. The van der Waals surface area contributed by atoms with Crippen LogP contribution in [0.15, 0.2) is 42.5 Å². The molecular formula is C25H33N5OS. The number of aromatic nitrogens is 2. The van der Waals surface area contributed by atoms with Crippen LogP contribution in [0.3, 0.4) is 0 Å². The topological polar surface area (TPSA) is 67.4 Å². The minimum absolute atomic E-state index is 0.0582. The van der Waals surface area contributed by atoms with Crippen molar-refractivity contribution in [3.05, 3.63) is 59.4 Å². The fourth-order valence-corrected chi connectivity index (χ4v) is 4.64. The molecule has 6 nitrogen and oxygen atoms in total. The number of nitrogens with zero attached hydrogens (tertiary/aromatic N) is 4. The average molecular weight is 452 g/mol. The molecule has 0 bridgehead atoms. The minimum atomic E-state index is 0.0582. The molecule has 1 aliphatic heterocycles. The van der Waals surface area contributed by atoms with E-state index in [9.17, 15) is 4.79 Å². The maximum Gasteiger partial charge on any atom is 0.325 e. The number of benzene rings is 2. The number of carbonyl (C=O) groups is 1. The van der Waals surface area contributed by atoms with Crippen LogP contribution in [0.25, 0.3) is 11.0 Å². The van der Waals surface area contributed by atoms with Gasteiger partial charge in [0, 0.05) is 31.9 Å². The zero-order chi connectivity index (χ0) is 22.7. The van der Waals surface area contributed by atoms with E-state index in [1.165, 1.54) is 5.56 Å². The number of hydrogen-bond donors (Lipinski definition) is 1. The second kappa shape index (κ2) is 9.96. The molecule has 1 aromatic heterocycles. The van der Waals surface area contributed by atoms with Gasteiger partial charge in [0.25, 0.3) is 0 Å². The van der Waals surface area contributed by atoms with Gasteiger partial charge in [-0.3, -0.25) is 4.90 Å². The van der Waals surface area contributed by atoms with Crippen molar-refractivity contribution in [2.45, 2.75) is 46.4 Å². The summed E-state index contributed by atoms with van der Waals surface area (Å²) in [6, 6.07) is 14.5. The van der Waals surface area contributed by atoms with Crippen molar-refractivity contribution in [2.75, 3.05) is 23.5 Å². The molecule has 2 amide bonds. The summed E-state index contributed by atoms with van der Waals surface area (Å²) < 4.78 is 2.28. The molecule has 7 heteroatoms. The molecule has 2 heterocycles. The largest absolute Gasteiger partial charge is 0.326 e. The predicted molar refractivity (Wildman–Crippen MR) is 134 cm³/mol. The van der Waals surface area contributed by atoms with Crippen LogP contribution in [0, 0.1) is 5.92 Å². The summed E-state index contributed by atoms with van der Waals surface area (Å²) in [7, 11) is 0. The zero-order valence-electron chi connectivity index (χ0n) is 19.3. The van der Waals surface area contributed by atoms with Crippen molar-refractivity contribution in [3.63, 3.8) is 0 Å². The standard InChI is InChI=1S/C25H33N5OS/c1-18(2)10-11-29-23-9-8-19(15-26)14-21(23)27-24(29)17-30-22-7-5-4-6-20(22)16-28(25(30)31)12-13-32-3/h4-9,14,18H,10-13,15-17,26H2,1-3H3.